The summed E-state index contributed by atoms with van der Waals surface area (Å²) >= 11 is 0. The van der Waals surface area contributed by atoms with Crippen molar-refractivity contribution in [3.63, 3.8) is 0 Å². The number of nitriles is 1. The second-order valence-electron chi connectivity index (χ2n) is 3.25. The molecule has 4 nitrogen and oxygen atoms in total. The number of aryl methyl sites for hydroxylation is 1. The van der Waals surface area contributed by atoms with Crippen molar-refractivity contribution in [2.75, 3.05) is 7.11 Å². The predicted octanol–water partition coefficient (Wildman–Crippen LogP) is 1.40. The van der Waals surface area contributed by atoms with Crippen LogP contribution in [0.2, 0.25) is 0 Å². The standard InChI is InChI=1S/C12H13NO3/c1-3-8-4-5-9(7-14)11(10(8)6-13)12(15)16-2/h4-5,14H,3,7H2,1-2H3. The molecule has 1 N–H and O–H groups in total. The van der Waals surface area contributed by atoms with E-state index in [0.717, 1.165) is 5.56 Å². The topological polar surface area (TPSA) is 70.3 Å². The van der Waals surface area contributed by atoms with Crippen LogP contribution in [0.1, 0.15) is 34.0 Å². The number of aliphatic hydroxyl groups is 1. The van der Waals surface area contributed by atoms with Gasteiger partial charge in [0.05, 0.1) is 24.8 Å². The molecule has 16 heavy (non-hydrogen) atoms. The highest BCUT2D eigenvalue weighted by atomic mass is 16.5. The Morgan fingerprint density at radius 3 is 2.56 bits per heavy atom. The largest absolute Gasteiger partial charge is 0.465 e. The van der Waals surface area contributed by atoms with Gasteiger partial charge >= 0.3 is 5.97 Å². The van der Waals surface area contributed by atoms with E-state index >= 15 is 0 Å². The fourth-order valence-electron chi connectivity index (χ4n) is 1.58. The molecule has 4 heteroatoms. The summed E-state index contributed by atoms with van der Waals surface area (Å²) in [6.45, 7) is 1.61. The maximum Gasteiger partial charge on any atom is 0.339 e. The van der Waals surface area contributed by atoms with E-state index in [4.69, 9.17) is 10.4 Å². The van der Waals surface area contributed by atoms with E-state index in [1.54, 1.807) is 12.1 Å². The summed E-state index contributed by atoms with van der Waals surface area (Å²) in [7, 11) is 1.25. The molecule has 1 aromatic carbocycles. The van der Waals surface area contributed by atoms with Crippen molar-refractivity contribution < 1.29 is 14.6 Å². The van der Waals surface area contributed by atoms with Gasteiger partial charge in [-0.3, -0.25) is 0 Å². The highest BCUT2D eigenvalue weighted by Gasteiger charge is 2.19. The summed E-state index contributed by atoms with van der Waals surface area (Å²) in [5, 5.41) is 18.2. The summed E-state index contributed by atoms with van der Waals surface area (Å²) in [6.07, 6.45) is 0.651. The number of nitrogens with zero attached hydrogens (tertiary/aromatic N) is 1. The van der Waals surface area contributed by atoms with E-state index in [9.17, 15) is 4.79 Å². The van der Waals surface area contributed by atoms with Crippen molar-refractivity contribution in [2.24, 2.45) is 0 Å². The van der Waals surface area contributed by atoms with Crippen LogP contribution in [0.25, 0.3) is 0 Å². The first-order valence-corrected chi connectivity index (χ1v) is 4.93. The molecule has 0 aliphatic heterocycles. The Hall–Kier alpha value is -1.86. The van der Waals surface area contributed by atoms with Gasteiger partial charge in [-0.25, -0.2) is 4.79 Å². The highest BCUT2D eigenvalue weighted by Crippen LogP contribution is 2.20. The van der Waals surface area contributed by atoms with Crippen LogP contribution >= 0.6 is 0 Å². The molecule has 0 aliphatic carbocycles. The lowest BCUT2D eigenvalue weighted by molar-refractivity contribution is 0.0596. The Bertz CT molecular complexity index is 446. The summed E-state index contributed by atoms with van der Waals surface area (Å²) in [4.78, 5) is 11.6. The smallest absolute Gasteiger partial charge is 0.339 e. The maximum atomic E-state index is 11.6. The van der Waals surface area contributed by atoms with E-state index in [2.05, 4.69) is 4.74 Å². The molecule has 0 saturated carbocycles. The van der Waals surface area contributed by atoms with Crippen LogP contribution in [0, 0.1) is 11.3 Å². The number of methoxy groups -OCH3 is 1. The van der Waals surface area contributed by atoms with Gasteiger partial charge in [0, 0.05) is 0 Å². The van der Waals surface area contributed by atoms with Crippen molar-refractivity contribution in [2.45, 2.75) is 20.0 Å². The van der Waals surface area contributed by atoms with Crippen molar-refractivity contribution >= 4 is 5.97 Å². The highest BCUT2D eigenvalue weighted by molar-refractivity contribution is 5.94. The van der Waals surface area contributed by atoms with Crippen molar-refractivity contribution in [1.29, 1.82) is 5.26 Å². The molecule has 0 heterocycles. The number of rotatable bonds is 3. The monoisotopic (exact) mass is 219 g/mol. The predicted molar refractivity (Wildman–Crippen MR) is 57.8 cm³/mol. The molecule has 0 unspecified atom stereocenters. The van der Waals surface area contributed by atoms with Gasteiger partial charge in [0.15, 0.2) is 0 Å². The van der Waals surface area contributed by atoms with Crippen molar-refractivity contribution in [3.05, 3.63) is 34.4 Å². The maximum absolute atomic E-state index is 11.6. The van der Waals surface area contributed by atoms with Gasteiger partial charge in [0.2, 0.25) is 0 Å². The van der Waals surface area contributed by atoms with Crippen LogP contribution < -0.4 is 0 Å². The molecule has 0 amide bonds. The van der Waals surface area contributed by atoms with Gasteiger partial charge in [-0.05, 0) is 17.5 Å². The lowest BCUT2D eigenvalue weighted by atomic mass is 9.95. The van der Waals surface area contributed by atoms with E-state index in [-0.39, 0.29) is 12.2 Å². The SMILES string of the molecule is CCc1ccc(CO)c(C(=O)OC)c1C#N. The van der Waals surface area contributed by atoms with Gasteiger partial charge in [-0.2, -0.15) is 5.26 Å². The quantitative estimate of drug-likeness (QED) is 0.780. The zero-order valence-corrected chi connectivity index (χ0v) is 9.28. The lowest BCUT2D eigenvalue weighted by Crippen LogP contribution is -2.10. The van der Waals surface area contributed by atoms with Crippen LogP contribution in [0.3, 0.4) is 0 Å². The van der Waals surface area contributed by atoms with Crippen LogP contribution in [-0.4, -0.2) is 18.2 Å². The van der Waals surface area contributed by atoms with Gasteiger partial charge in [0.1, 0.15) is 6.07 Å². The molecule has 1 rings (SSSR count). The summed E-state index contributed by atoms with van der Waals surface area (Å²) < 4.78 is 4.62. The Morgan fingerprint density at radius 2 is 2.12 bits per heavy atom. The molecule has 1 aromatic rings. The fraction of sp³-hybridized carbons (Fsp3) is 0.333. The van der Waals surface area contributed by atoms with Gasteiger partial charge in [0.25, 0.3) is 0 Å². The first-order valence-electron chi connectivity index (χ1n) is 4.93. The van der Waals surface area contributed by atoms with E-state index in [0.29, 0.717) is 17.5 Å². The van der Waals surface area contributed by atoms with E-state index in [1.807, 2.05) is 13.0 Å². The minimum absolute atomic E-state index is 0.173. The number of aliphatic hydroxyl groups excluding tert-OH is 1. The average molecular weight is 219 g/mol. The zero-order chi connectivity index (χ0) is 12.1. The Balaban J connectivity index is 3.50. The molecule has 0 saturated heterocycles. The van der Waals surface area contributed by atoms with E-state index < -0.39 is 5.97 Å². The third kappa shape index (κ3) is 2.05. The number of carbonyl (C=O) groups excluding carboxylic acids is 1. The van der Waals surface area contributed by atoms with Crippen molar-refractivity contribution in [3.8, 4) is 6.07 Å². The Labute approximate surface area is 94.1 Å². The number of benzene rings is 1. The molecule has 0 fully saturated rings. The van der Waals surface area contributed by atoms with Crippen LogP contribution in [0.4, 0.5) is 0 Å². The Morgan fingerprint density at radius 1 is 1.50 bits per heavy atom. The minimum atomic E-state index is -0.587. The average Bonchev–Trinajstić information content (AvgIpc) is 2.35. The van der Waals surface area contributed by atoms with E-state index in [1.165, 1.54) is 7.11 Å². The summed E-state index contributed by atoms with van der Waals surface area (Å²) in [5.41, 5.74) is 1.66. The third-order valence-corrected chi connectivity index (χ3v) is 2.43. The van der Waals surface area contributed by atoms with Gasteiger partial charge in [-0.15, -0.1) is 0 Å². The second kappa shape index (κ2) is 5.29. The van der Waals surface area contributed by atoms with Gasteiger partial charge < -0.3 is 9.84 Å². The van der Waals surface area contributed by atoms with Gasteiger partial charge in [-0.1, -0.05) is 19.1 Å². The second-order valence-corrected chi connectivity index (χ2v) is 3.25. The molecule has 0 bridgehead atoms. The minimum Gasteiger partial charge on any atom is -0.465 e. The molecule has 0 atom stereocenters. The molecule has 0 aromatic heterocycles. The van der Waals surface area contributed by atoms with Crippen LogP contribution in [0.15, 0.2) is 12.1 Å². The summed E-state index contributed by atoms with van der Waals surface area (Å²) in [6, 6.07) is 5.38. The fourth-order valence-corrected chi connectivity index (χ4v) is 1.58. The summed E-state index contributed by atoms with van der Waals surface area (Å²) in [5.74, 6) is -0.587. The molecule has 0 spiro atoms. The molecule has 0 aliphatic rings. The normalized spacial score (nSPS) is 9.62. The molecule has 84 valence electrons. The first kappa shape index (κ1) is 12.2. The third-order valence-electron chi connectivity index (χ3n) is 2.43. The molecular weight excluding hydrogens is 206 g/mol. The molecular formula is C12H13NO3. The first-order chi connectivity index (χ1) is 7.69. The Kier molecular flexibility index (Phi) is 4.03. The van der Waals surface area contributed by atoms with Crippen LogP contribution in [0.5, 0.6) is 0 Å². The zero-order valence-electron chi connectivity index (χ0n) is 9.28. The molecule has 0 radical (unpaired) electrons. The van der Waals surface area contributed by atoms with Crippen molar-refractivity contribution in [1.82, 2.24) is 0 Å². The number of ether oxygens (including phenoxy) is 1. The number of hydrogen-bond acceptors (Lipinski definition) is 4. The lowest BCUT2D eigenvalue weighted by Gasteiger charge is -2.10. The van der Waals surface area contributed by atoms with Crippen LogP contribution in [-0.2, 0) is 17.8 Å². The number of hydrogen-bond donors (Lipinski definition) is 1. The number of carbonyl (C=O) groups is 1. The number of esters is 1.